The number of urea groups is 1. The second kappa shape index (κ2) is 9.16. The summed E-state index contributed by atoms with van der Waals surface area (Å²) in [5, 5.41) is 13.6. The van der Waals surface area contributed by atoms with Crippen LogP contribution in [0, 0.1) is 10.1 Å². The van der Waals surface area contributed by atoms with Crippen molar-refractivity contribution in [3.8, 4) is 17.2 Å². The van der Waals surface area contributed by atoms with Gasteiger partial charge in [-0.2, -0.15) is 0 Å². The van der Waals surface area contributed by atoms with Gasteiger partial charge in [0.15, 0.2) is 11.5 Å². The van der Waals surface area contributed by atoms with Crippen molar-refractivity contribution in [3.63, 3.8) is 0 Å². The third kappa shape index (κ3) is 4.21. The first kappa shape index (κ1) is 22.3. The van der Waals surface area contributed by atoms with Gasteiger partial charge in [-0.25, -0.2) is 9.69 Å². The van der Waals surface area contributed by atoms with Crippen LogP contribution in [0.4, 0.5) is 16.2 Å². The van der Waals surface area contributed by atoms with Crippen LogP contribution >= 0.6 is 0 Å². The monoisotopic (exact) mass is 441 g/mol. The van der Waals surface area contributed by atoms with E-state index in [4.69, 9.17) is 14.2 Å². The summed E-state index contributed by atoms with van der Waals surface area (Å²) in [6.07, 6.45) is 1.03. The Bertz CT molecular complexity index is 1120. The van der Waals surface area contributed by atoms with Crippen molar-refractivity contribution in [2.75, 3.05) is 25.7 Å². The molecule has 166 valence electrons. The van der Waals surface area contributed by atoms with E-state index in [9.17, 15) is 24.5 Å². The molecular formula is C21H19N3O8. The van der Waals surface area contributed by atoms with E-state index < -0.39 is 34.0 Å². The summed E-state index contributed by atoms with van der Waals surface area (Å²) in [6.45, 7) is 2.25. The number of imide groups is 2. The van der Waals surface area contributed by atoms with Gasteiger partial charge in [0.25, 0.3) is 17.5 Å². The maximum Gasteiger partial charge on any atom is 0.335 e. The topological polar surface area (TPSA) is 137 Å². The van der Waals surface area contributed by atoms with Gasteiger partial charge in [-0.15, -0.1) is 0 Å². The normalized spacial score (nSPS) is 14.9. The molecule has 0 aliphatic carbocycles. The summed E-state index contributed by atoms with van der Waals surface area (Å²) in [7, 11) is 2.66. The van der Waals surface area contributed by atoms with Crippen LogP contribution in [0.5, 0.6) is 17.2 Å². The number of benzene rings is 2. The number of nitro groups is 1. The van der Waals surface area contributed by atoms with Crippen LogP contribution in [-0.2, 0) is 9.59 Å². The van der Waals surface area contributed by atoms with Crippen LogP contribution in [0.25, 0.3) is 6.08 Å². The molecule has 2 aromatic carbocycles. The van der Waals surface area contributed by atoms with E-state index in [1.165, 1.54) is 32.4 Å². The largest absolute Gasteiger partial charge is 0.494 e. The summed E-state index contributed by atoms with van der Waals surface area (Å²) in [5.41, 5.74) is -0.766. The minimum Gasteiger partial charge on any atom is -0.494 e. The fraction of sp³-hybridized carbons (Fsp3) is 0.190. The molecule has 32 heavy (non-hydrogen) atoms. The average molecular weight is 441 g/mol. The summed E-state index contributed by atoms with van der Waals surface area (Å²) >= 11 is 0. The number of nitrogens with zero attached hydrogens (tertiary/aromatic N) is 2. The van der Waals surface area contributed by atoms with Gasteiger partial charge in [-0.1, -0.05) is 0 Å². The van der Waals surface area contributed by atoms with Crippen molar-refractivity contribution in [1.82, 2.24) is 5.32 Å². The number of carbonyl (C=O) groups is 3. The lowest BCUT2D eigenvalue weighted by atomic mass is 10.0. The molecule has 0 bridgehead atoms. The standard InChI is InChI=1S/C21H19N3O8/c1-4-32-14-7-5-13(6-8-14)23-20(26)15(19(25)22-21(23)27)9-12-10-17(30-2)18(31-3)11-16(12)24(28)29/h5-11H,4H2,1-3H3,(H,22,25,27)/b15-9+. The van der Waals surface area contributed by atoms with E-state index in [1.807, 2.05) is 6.92 Å². The summed E-state index contributed by atoms with van der Waals surface area (Å²) < 4.78 is 15.6. The number of nitro benzene ring substituents is 1. The number of hydrogen-bond acceptors (Lipinski definition) is 8. The molecule has 0 saturated carbocycles. The predicted octanol–water partition coefficient (Wildman–Crippen LogP) is 2.68. The third-order valence-corrected chi connectivity index (χ3v) is 4.54. The fourth-order valence-electron chi connectivity index (χ4n) is 3.06. The number of anilines is 1. The van der Waals surface area contributed by atoms with Crippen molar-refractivity contribution in [2.45, 2.75) is 6.92 Å². The Morgan fingerprint density at radius 1 is 1.06 bits per heavy atom. The molecule has 0 aromatic heterocycles. The van der Waals surface area contributed by atoms with Crippen LogP contribution < -0.4 is 24.4 Å². The zero-order valence-electron chi connectivity index (χ0n) is 17.4. The summed E-state index contributed by atoms with van der Waals surface area (Å²) in [5.74, 6) is -1.12. The molecule has 1 saturated heterocycles. The van der Waals surface area contributed by atoms with E-state index >= 15 is 0 Å². The first-order valence-corrected chi connectivity index (χ1v) is 9.35. The first-order chi connectivity index (χ1) is 15.3. The summed E-state index contributed by atoms with van der Waals surface area (Å²) in [4.78, 5) is 49.4. The highest BCUT2D eigenvalue weighted by Gasteiger charge is 2.37. The SMILES string of the molecule is CCOc1ccc(N2C(=O)NC(=O)/C(=C\c3cc(OC)c(OC)cc3[N+](=O)[O-])C2=O)cc1. The molecule has 0 spiro atoms. The molecule has 0 unspecified atom stereocenters. The maximum absolute atomic E-state index is 13.0. The second-order valence-corrected chi connectivity index (χ2v) is 6.41. The Balaban J connectivity index is 2.07. The van der Waals surface area contributed by atoms with Gasteiger partial charge in [0, 0.05) is 0 Å². The molecule has 1 heterocycles. The van der Waals surface area contributed by atoms with Crippen LogP contribution in [0.2, 0.25) is 0 Å². The molecule has 2 aromatic rings. The number of carbonyl (C=O) groups excluding carboxylic acids is 3. The Morgan fingerprint density at radius 3 is 2.25 bits per heavy atom. The maximum atomic E-state index is 13.0. The minimum absolute atomic E-state index is 0.0767. The molecule has 1 N–H and O–H groups in total. The molecule has 11 nitrogen and oxygen atoms in total. The number of rotatable bonds is 7. The Morgan fingerprint density at radius 2 is 1.69 bits per heavy atom. The second-order valence-electron chi connectivity index (χ2n) is 6.41. The van der Waals surface area contributed by atoms with Crippen molar-refractivity contribution < 1.29 is 33.5 Å². The number of methoxy groups -OCH3 is 2. The van der Waals surface area contributed by atoms with E-state index in [0.29, 0.717) is 12.4 Å². The van der Waals surface area contributed by atoms with Crippen molar-refractivity contribution >= 4 is 35.3 Å². The van der Waals surface area contributed by atoms with E-state index in [2.05, 4.69) is 5.32 Å². The van der Waals surface area contributed by atoms with Crippen LogP contribution in [0.1, 0.15) is 12.5 Å². The van der Waals surface area contributed by atoms with Gasteiger partial charge in [0.05, 0.1) is 43.1 Å². The molecule has 0 atom stereocenters. The molecule has 3 rings (SSSR count). The fourth-order valence-corrected chi connectivity index (χ4v) is 3.06. The van der Waals surface area contributed by atoms with Gasteiger partial charge in [0.1, 0.15) is 11.3 Å². The van der Waals surface area contributed by atoms with Gasteiger partial charge in [-0.05, 0) is 43.3 Å². The molecule has 4 amide bonds. The van der Waals surface area contributed by atoms with Gasteiger partial charge in [-0.3, -0.25) is 25.0 Å². The Kier molecular flexibility index (Phi) is 6.38. The molecule has 1 aliphatic heterocycles. The summed E-state index contributed by atoms with van der Waals surface area (Å²) in [6, 6.07) is 7.54. The highest BCUT2D eigenvalue weighted by molar-refractivity contribution is 6.39. The average Bonchev–Trinajstić information content (AvgIpc) is 2.77. The molecular weight excluding hydrogens is 422 g/mol. The molecule has 1 aliphatic rings. The number of hydrogen-bond donors (Lipinski definition) is 1. The lowest BCUT2D eigenvalue weighted by molar-refractivity contribution is -0.385. The zero-order valence-corrected chi connectivity index (χ0v) is 17.4. The van der Waals surface area contributed by atoms with E-state index in [0.717, 1.165) is 17.0 Å². The number of barbiturate groups is 1. The number of ether oxygens (including phenoxy) is 3. The van der Waals surface area contributed by atoms with Gasteiger partial charge < -0.3 is 14.2 Å². The highest BCUT2D eigenvalue weighted by Crippen LogP contribution is 2.36. The van der Waals surface area contributed by atoms with Crippen LogP contribution in [-0.4, -0.2) is 43.6 Å². The van der Waals surface area contributed by atoms with Crippen molar-refractivity contribution in [1.29, 1.82) is 0 Å². The number of amides is 4. The van der Waals surface area contributed by atoms with Gasteiger partial charge >= 0.3 is 6.03 Å². The predicted molar refractivity (Wildman–Crippen MR) is 113 cm³/mol. The van der Waals surface area contributed by atoms with Crippen LogP contribution in [0.15, 0.2) is 42.0 Å². The lowest BCUT2D eigenvalue weighted by Gasteiger charge is -2.26. The zero-order chi connectivity index (χ0) is 23.4. The Hall–Kier alpha value is -4.41. The van der Waals surface area contributed by atoms with E-state index in [1.54, 1.807) is 12.1 Å². The van der Waals surface area contributed by atoms with Crippen LogP contribution in [0.3, 0.4) is 0 Å². The minimum atomic E-state index is -0.980. The Labute approximate surface area is 182 Å². The van der Waals surface area contributed by atoms with E-state index in [-0.39, 0.29) is 22.7 Å². The van der Waals surface area contributed by atoms with Crippen molar-refractivity contribution in [2.24, 2.45) is 0 Å². The molecule has 0 radical (unpaired) electrons. The van der Waals surface area contributed by atoms with Gasteiger partial charge in [0.2, 0.25) is 0 Å². The van der Waals surface area contributed by atoms with Crippen molar-refractivity contribution in [3.05, 3.63) is 57.6 Å². The lowest BCUT2D eigenvalue weighted by Crippen LogP contribution is -2.54. The smallest absolute Gasteiger partial charge is 0.335 e. The highest BCUT2D eigenvalue weighted by atomic mass is 16.6. The first-order valence-electron chi connectivity index (χ1n) is 9.35. The third-order valence-electron chi connectivity index (χ3n) is 4.54. The quantitative estimate of drug-likeness (QED) is 0.300. The number of nitrogens with one attached hydrogen (secondary N) is 1. The molecule has 11 heteroatoms. The molecule has 1 fully saturated rings.